The molecule has 0 unspecified atom stereocenters. The van der Waals surface area contributed by atoms with Crippen molar-refractivity contribution in [1.82, 2.24) is 4.90 Å². The molecule has 0 aliphatic heterocycles. The maximum absolute atomic E-state index is 11.3. The van der Waals surface area contributed by atoms with E-state index in [-0.39, 0.29) is 5.97 Å². The molecule has 1 aliphatic rings. The predicted molar refractivity (Wildman–Crippen MR) is 56.1 cm³/mol. The summed E-state index contributed by atoms with van der Waals surface area (Å²) in [5, 5.41) is 0. The summed E-state index contributed by atoms with van der Waals surface area (Å²) in [4.78, 5) is 13.5. The van der Waals surface area contributed by atoms with Gasteiger partial charge in [-0.05, 0) is 38.6 Å². The Morgan fingerprint density at radius 1 is 1.43 bits per heavy atom. The third kappa shape index (κ3) is 4.61. The van der Waals surface area contributed by atoms with Gasteiger partial charge in [0, 0.05) is 6.54 Å². The van der Waals surface area contributed by atoms with Gasteiger partial charge >= 0.3 is 5.97 Å². The molecule has 0 heterocycles. The molecule has 82 valence electrons. The lowest BCUT2D eigenvalue weighted by Crippen LogP contribution is -2.33. The third-order valence-electron chi connectivity index (χ3n) is 2.41. The molecule has 1 fully saturated rings. The SMILES string of the molecule is CCCN(CC(=O)OCC)CC1CC1. The first kappa shape index (κ1) is 11.5. The second-order valence-corrected chi connectivity index (χ2v) is 3.98. The Morgan fingerprint density at radius 2 is 2.14 bits per heavy atom. The van der Waals surface area contributed by atoms with Crippen molar-refractivity contribution in [1.29, 1.82) is 0 Å². The van der Waals surface area contributed by atoms with Crippen molar-refractivity contribution in [2.45, 2.75) is 33.1 Å². The summed E-state index contributed by atoms with van der Waals surface area (Å²) >= 11 is 0. The highest BCUT2D eigenvalue weighted by Crippen LogP contribution is 2.29. The number of ether oxygens (including phenoxy) is 1. The molecule has 0 aromatic heterocycles. The van der Waals surface area contributed by atoms with Gasteiger partial charge in [0.15, 0.2) is 0 Å². The van der Waals surface area contributed by atoms with Crippen LogP contribution in [-0.4, -0.2) is 37.1 Å². The fraction of sp³-hybridized carbons (Fsp3) is 0.909. The van der Waals surface area contributed by atoms with E-state index in [9.17, 15) is 4.79 Å². The zero-order valence-corrected chi connectivity index (χ0v) is 9.29. The van der Waals surface area contributed by atoms with Gasteiger partial charge in [-0.3, -0.25) is 9.69 Å². The maximum atomic E-state index is 11.3. The molecule has 0 radical (unpaired) electrons. The van der Waals surface area contributed by atoms with Gasteiger partial charge in [0.1, 0.15) is 0 Å². The second-order valence-electron chi connectivity index (χ2n) is 3.98. The summed E-state index contributed by atoms with van der Waals surface area (Å²) in [5.41, 5.74) is 0. The third-order valence-corrected chi connectivity index (χ3v) is 2.41. The molecular weight excluding hydrogens is 178 g/mol. The summed E-state index contributed by atoms with van der Waals surface area (Å²) in [5.74, 6) is 0.762. The standard InChI is InChI=1S/C11H21NO2/c1-3-7-12(8-10-5-6-10)9-11(13)14-4-2/h10H,3-9H2,1-2H3. The Bertz CT molecular complexity index is 178. The molecule has 0 bridgehead atoms. The van der Waals surface area contributed by atoms with E-state index in [1.54, 1.807) is 0 Å². The Hall–Kier alpha value is -0.570. The van der Waals surface area contributed by atoms with Crippen LogP contribution in [0.15, 0.2) is 0 Å². The molecule has 0 aromatic rings. The van der Waals surface area contributed by atoms with Gasteiger partial charge in [0.2, 0.25) is 0 Å². The molecule has 0 saturated heterocycles. The van der Waals surface area contributed by atoms with E-state index in [0.717, 1.165) is 25.4 Å². The number of carbonyl (C=O) groups is 1. The second kappa shape index (κ2) is 6.02. The van der Waals surface area contributed by atoms with Gasteiger partial charge in [0.05, 0.1) is 13.2 Å². The van der Waals surface area contributed by atoms with E-state index >= 15 is 0 Å². The zero-order chi connectivity index (χ0) is 10.4. The first-order valence-corrected chi connectivity index (χ1v) is 5.64. The van der Waals surface area contributed by atoms with Crippen molar-refractivity contribution in [2.24, 2.45) is 5.92 Å². The fourth-order valence-electron chi connectivity index (χ4n) is 1.61. The zero-order valence-electron chi connectivity index (χ0n) is 9.29. The van der Waals surface area contributed by atoms with Crippen LogP contribution in [0.25, 0.3) is 0 Å². The first-order valence-electron chi connectivity index (χ1n) is 5.64. The summed E-state index contributed by atoms with van der Waals surface area (Å²) in [6, 6.07) is 0. The summed E-state index contributed by atoms with van der Waals surface area (Å²) in [6.45, 7) is 7.04. The number of nitrogens with zero attached hydrogens (tertiary/aromatic N) is 1. The van der Waals surface area contributed by atoms with Crippen LogP contribution in [0.3, 0.4) is 0 Å². The van der Waals surface area contributed by atoms with E-state index in [1.807, 2.05) is 6.92 Å². The minimum Gasteiger partial charge on any atom is -0.465 e. The summed E-state index contributed by atoms with van der Waals surface area (Å²) in [7, 11) is 0. The van der Waals surface area contributed by atoms with Crippen LogP contribution in [-0.2, 0) is 9.53 Å². The molecule has 14 heavy (non-hydrogen) atoms. The van der Waals surface area contributed by atoms with Crippen LogP contribution >= 0.6 is 0 Å². The van der Waals surface area contributed by atoms with Crippen LogP contribution in [0.5, 0.6) is 0 Å². The molecule has 0 aromatic carbocycles. The number of carbonyl (C=O) groups excluding carboxylic acids is 1. The molecule has 0 atom stereocenters. The predicted octanol–water partition coefficient (Wildman–Crippen LogP) is 1.67. The van der Waals surface area contributed by atoms with Crippen molar-refractivity contribution in [3.63, 3.8) is 0 Å². The van der Waals surface area contributed by atoms with Crippen LogP contribution < -0.4 is 0 Å². The summed E-state index contributed by atoms with van der Waals surface area (Å²) < 4.78 is 4.94. The van der Waals surface area contributed by atoms with E-state index in [1.165, 1.54) is 12.8 Å². The van der Waals surface area contributed by atoms with Crippen LogP contribution in [0.2, 0.25) is 0 Å². The quantitative estimate of drug-likeness (QED) is 0.584. The number of rotatable bonds is 7. The van der Waals surface area contributed by atoms with Gasteiger partial charge < -0.3 is 4.74 Å². The van der Waals surface area contributed by atoms with Gasteiger partial charge in [-0.15, -0.1) is 0 Å². The van der Waals surface area contributed by atoms with E-state index in [2.05, 4.69) is 11.8 Å². The largest absolute Gasteiger partial charge is 0.465 e. The van der Waals surface area contributed by atoms with Crippen LogP contribution in [0, 0.1) is 5.92 Å². The van der Waals surface area contributed by atoms with Gasteiger partial charge in [0.25, 0.3) is 0 Å². The highest BCUT2D eigenvalue weighted by atomic mass is 16.5. The van der Waals surface area contributed by atoms with Gasteiger partial charge in [-0.2, -0.15) is 0 Å². The lowest BCUT2D eigenvalue weighted by molar-refractivity contribution is -0.144. The monoisotopic (exact) mass is 199 g/mol. The topological polar surface area (TPSA) is 29.5 Å². The van der Waals surface area contributed by atoms with Crippen molar-refractivity contribution in [3.8, 4) is 0 Å². The Kier molecular flexibility index (Phi) is 4.94. The van der Waals surface area contributed by atoms with Crippen LogP contribution in [0.1, 0.15) is 33.1 Å². The van der Waals surface area contributed by atoms with Crippen molar-refractivity contribution in [3.05, 3.63) is 0 Å². The van der Waals surface area contributed by atoms with Crippen molar-refractivity contribution in [2.75, 3.05) is 26.2 Å². The molecule has 1 rings (SSSR count). The summed E-state index contributed by atoms with van der Waals surface area (Å²) in [6.07, 6.45) is 3.78. The first-order chi connectivity index (χ1) is 6.76. The molecule has 1 aliphatic carbocycles. The normalized spacial score (nSPS) is 15.9. The molecule has 1 saturated carbocycles. The minimum atomic E-state index is -0.0819. The molecule has 3 nitrogen and oxygen atoms in total. The van der Waals surface area contributed by atoms with E-state index in [4.69, 9.17) is 4.74 Å². The smallest absolute Gasteiger partial charge is 0.320 e. The molecule has 0 amide bonds. The lowest BCUT2D eigenvalue weighted by atomic mass is 10.3. The number of hydrogen-bond acceptors (Lipinski definition) is 3. The molecule has 0 spiro atoms. The minimum absolute atomic E-state index is 0.0819. The lowest BCUT2D eigenvalue weighted by Gasteiger charge is -2.19. The Balaban J connectivity index is 2.21. The van der Waals surface area contributed by atoms with Crippen molar-refractivity contribution < 1.29 is 9.53 Å². The highest BCUT2D eigenvalue weighted by Gasteiger charge is 2.24. The molecule has 0 N–H and O–H groups in total. The van der Waals surface area contributed by atoms with E-state index in [0.29, 0.717) is 13.2 Å². The Morgan fingerprint density at radius 3 is 2.64 bits per heavy atom. The highest BCUT2D eigenvalue weighted by molar-refractivity contribution is 5.71. The van der Waals surface area contributed by atoms with Gasteiger partial charge in [-0.25, -0.2) is 0 Å². The van der Waals surface area contributed by atoms with Crippen LogP contribution in [0.4, 0.5) is 0 Å². The van der Waals surface area contributed by atoms with Crippen molar-refractivity contribution >= 4 is 5.97 Å². The maximum Gasteiger partial charge on any atom is 0.320 e. The average Bonchev–Trinajstić information content (AvgIpc) is 2.89. The van der Waals surface area contributed by atoms with Gasteiger partial charge in [-0.1, -0.05) is 6.92 Å². The molecular formula is C11H21NO2. The fourth-order valence-corrected chi connectivity index (χ4v) is 1.61. The number of hydrogen-bond donors (Lipinski definition) is 0. The average molecular weight is 199 g/mol. The van der Waals surface area contributed by atoms with E-state index < -0.39 is 0 Å². The number of esters is 1. The molecule has 3 heteroatoms. The Labute approximate surface area is 86.4 Å².